The maximum Gasteiger partial charge on any atom is 2.00 e. The molecule has 4 aromatic carbocycles. The Hall–Kier alpha value is -1.52. The zero-order chi connectivity index (χ0) is 26.3. The van der Waals surface area contributed by atoms with E-state index in [9.17, 15) is 25.9 Å². The fourth-order valence-electron chi connectivity index (χ4n) is 4.14. The second-order valence-electron chi connectivity index (χ2n) is 8.72. The van der Waals surface area contributed by atoms with Gasteiger partial charge in [-0.1, -0.05) is 75.2 Å². The van der Waals surface area contributed by atoms with Gasteiger partial charge in [-0.15, -0.1) is 0 Å². The van der Waals surface area contributed by atoms with Gasteiger partial charge in [-0.25, -0.2) is 16.8 Å². The van der Waals surface area contributed by atoms with E-state index in [4.69, 9.17) is 0 Å². The average molecular weight is 567 g/mol. The second kappa shape index (κ2) is 14.0. The van der Waals surface area contributed by atoms with Crippen molar-refractivity contribution in [3.8, 4) is 0 Å². The molecule has 192 valence electrons. The Morgan fingerprint density at radius 2 is 0.973 bits per heavy atom. The van der Waals surface area contributed by atoms with Crippen LogP contribution in [0.3, 0.4) is 0 Å². The van der Waals surface area contributed by atoms with E-state index in [0.29, 0.717) is 0 Å². The number of benzene rings is 4. The zero-order valence-corrected chi connectivity index (χ0v) is 25.0. The molecule has 0 spiro atoms. The smallest absolute Gasteiger partial charge is 0.744 e. The van der Waals surface area contributed by atoms with E-state index in [2.05, 4.69) is 13.8 Å². The fourth-order valence-corrected chi connectivity index (χ4v) is 5.15. The van der Waals surface area contributed by atoms with Crippen molar-refractivity contribution in [1.29, 1.82) is 0 Å². The Kier molecular flexibility index (Phi) is 12.0. The van der Waals surface area contributed by atoms with Gasteiger partial charge in [-0.3, -0.25) is 0 Å². The SMILES string of the molecule is CCCCc1cccc2cc(S(=O)(=O)[O-])ccc12.CCCCc1cccc2cc(S(=O)(=O)[O-])ccc12.[Ca+2]. The van der Waals surface area contributed by atoms with Crippen LogP contribution in [-0.2, 0) is 33.1 Å². The summed E-state index contributed by atoms with van der Waals surface area (Å²) in [5.74, 6) is 0. The summed E-state index contributed by atoms with van der Waals surface area (Å²) in [7, 11) is -8.75. The Bertz CT molecular complexity index is 1450. The quantitative estimate of drug-likeness (QED) is 0.197. The minimum Gasteiger partial charge on any atom is -0.744 e. The summed E-state index contributed by atoms with van der Waals surface area (Å²) in [5, 5.41) is 3.66. The van der Waals surface area contributed by atoms with Crippen molar-refractivity contribution in [1.82, 2.24) is 0 Å². The monoisotopic (exact) mass is 566 g/mol. The van der Waals surface area contributed by atoms with Crippen molar-refractivity contribution in [2.75, 3.05) is 0 Å². The van der Waals surface area contributed by atoms with Gasteiger partial charge < -0.3 is 9.11 Å². The Morgan fingerprint density at radius 3 is 1.30 bits per heavy atom. The molecule has 9 heteroatoms. The van der Waals surface area contributed by atoms with Gasteiger partial charge in [0.1, 0.15) is 20.2 Å². The van der Waals surface area contributed by atoms with Crippen LogP contribution in [0.5, 0.6) is 0 Å². The van der Waals surface area contributed by atoms with E-state index in [1.165, 1.54) is 35.4 Å². The third kappa shape index (κ3) is 8.75. The molecule has 0 amide bonds. The molecule has 4 aromatic rings. The molecule has 0 heterocycles. The summed E-state index contributed by atoms with van der Waals surface area (Å²) in [4.78, 5) is -0.328. The van der Waals surface area contributed by atoms with Crippen LogP contribution < -0.4 is 0 Å². The van der Waals surface area contributed by atoms with Gasteiger partial charge in [0.15, 0.2) is 0 Å². The van der Waals surface area contributed by atoms with Gasteiger partial charge in [0.2, 0.25) is 0 Å². The molecule has 0 saturated heterocycles. The van der Waals surface area contributed by atoms with Crippen molar-refractivity contribution in [3.05, 3.63) is 83.9 Å². The normalized spacial score (nSPS) is 11.6. The van der Waals surface area contributed by atoms with Crippen LogP contribution in [0.15, 0.2) is 82.6 Å². The summed E-state index contributed by atoms with van der Waals surface area (Å²) in [6.45, 7) is 4.26. The van der Waals surface area contributed by atoms with Crippen molar-refractivity contribution in [3.63, 3.8) is 0 Å². The molecular weight excluding hydrogens is 537 g/mol. The summed E-state index contributed by atoms with van der Waals surface area (Å²) in [5.41, 5.74) is 2.40. The molecule has 0 atom stereocenters. The first-order valence-corrected chi connectivity index (χ1v) is 14.8. The number of aryl methyl sites for hydroxylation is 2. The third-order valence-electron chi connectivity index (χ3n) is 6.06. The van der Waals surface area contributed by atoms with Crippen LogP contribution >= 0.6 is 0 Å². The van der Waals surface area contributed by atoms with Gasteiger partial charge >= 0.3 is 37.7 Å². The largest absolute Gasteiger partial charge is 2.00 e. The van der Waals surface area contributed by atoms with Crippen molar-refractivity contribution >= 4 is 79.5 Å². The predicted octanol–water partition coefficient (Wildman–Crippen LogP) is 5.79. The number of fused-ring (bicyclic) bond motifs is 2. The van der Waals surface area contributed by atoms with Crippen molar-refractivity contribution < 1.29 is 25.9 Å². The standard InChI is InChI=1S/2C14H16O3S.Ca/c2*1-2-3-5-11-6-4-7-12-10-13(18(15,16)17)8-9-14(11)12;/h2*4,6-10H,2-3,5H2,1H3,(H,15,16,17);/q;;+2/p-2. The molecule has 37 heavy (non-hydrogen) atoms. The van der Waals surface area contributed by atoms with Crippen LogP contribution in [0.2, 0.25) is 0 Å². The van der Waals surface area contributed by atoms with E-state index in [0.717, 1.165) is 60.1 Å². The van der Waals surface area contributed by atoms with Crippen LogP contribution in [0, 0.1) is 0 Å². The first-order chi connectivity index (χ1) is 17.0. The molecule has 0 N–H and O–H groups in total. The molecule has 0 aliphatic carbocycles. The van der Waals surface area contributed by atoms with Crippen LogP contribution in [-0.4, -0.2) is 63.7 Å². The number of hydrogen-bond donors (Lipinski definition) is 0. The Labute approximate surface area is 249 Å². The Balaban J connectivity index is 0.000000253. The maximum absolute atomic E-state index is 11.0. The van der Waals surface area contributed by atoms with E-state index in [1.54, 1.807) is 12.1 Å². The van der Waals surface area contributed by atoms with Gasteiger partial charge in [-0.05, 0) is 82.6 Å². The second-order valence-corrected chi connectivity index (χ2v) is 11.5. The van der Waals surface area contributed by atoms with Crippen LogP contribution in [0.25, 0.3) is 21.5 Å². The molecule has 0 saturated carbocycles. The number of rotatable bonds is 8. The number of unbranched alkanes of at least 4 members (excludes halogenated alkanes) is 2. The minimum atomic E-state index is -4.37. The summed E-state index contributed by atoms with van der Waals surface area (Å²) in [6.07, 6.45) is 6.36. The summed E-state index contributed by atoms with van der Waals surface area (Å²) in [6, 6.07) is 20.7. The summed E-state index contributed by atoms with van der Waals surface area (Å²) < 4.78 is 65.9. The van der Waals surface area contributed by atoms with E-state index >= 15 is 0 Å². The molecule has 0 radical (unpaired) electrons. The average Bonchev–Trinajstić information content (AvgIpc) is 2.84. The number of hydrogen-bond acceptors (Lipinski definition) is 6. The topological polar surface area (TPSA) is 114 Å². The van der Waals surface area contributed by atoms with Gasteiger partial charge in [0, 0.05) is 0 Å². The molecule has 0 fully saturated rings. The summed E-state index contributed by atoms with van der Waals surface area (Å²) >= 11 is 0. The molecule has 6 nitrogen and oxygen atoms in total. The first kappa shape index (κ1) is 31.7. The molecule has 0 aliphatic heterocycles. The van der Waals surface area contributed by atoms with Gasteiger partial charge in [-0.2, -0.15) is 0 Å². The molecule has 0 aromatic heterocycles. The van der Waals surface area contributed by atoms with Crippen LogP contribution in [0.1, 0.15) is 50.7 Å². The molecular formula is C28H30CaO6S2. The van der Waals surface area contributed by atoms with Crippen molar-refractivity contribution in [2.24, 2.45) is 0 Å². The molecule has 4 rings (SSSR count). The third-order valence-corrected chi connectivity index (χ3v) is 7.72. The van der Waals surface area contributed by atoms with E-state index in [-0.39, 0.29) is 47.5 Å². The van der Waals surface area contributed by atoms with Gasteiger partial charge in [0.25, 0.3) is 0 Å². The first-order valence-electron chi connectivity index (χ1n) is 12.0. The fraction of sp³-hybridized carbons (Fsp3) is 0.286. The minimum absolute atomic E-state index is 0. The van der Waals surface area contributed by atoms with Crippen LogP contribution in [0.4, 0.5) is 0 Å². The maximum atomic E-state index is 11.0. The van der Waals surface area contributed by atoms with Gasteiger partial charge in [0.05, 0.1) is 9.79 Å². The molecule has 0 bridgehead atoms. The zero-order valence-electron chi connectivity index (χ0n) is 21.1. The predicted molar refractivity (Wildman–Crippen MR) is 147 cm³/mol. The van der Waals surface area contributed by atoms with E-state index in [1.807, 2.05) is 36.4 Å². The molecule has 0 unspecified atom stereocenters. The molecule has 0 aliphatic rings. The van der Waals surface area contributed by atoms with E-state index < -0.39 is 20.2 Å². The Morgan fingerprint density at radius 1 is 0.595 bits per heavy atom. The van der Waals surface area contributed by atoms with Crippen molar-refractivity contribution in [2.45, 2.75) is 62.2 Å².